The van der Waals surface area contributed by atoms with Crippen molar-refractivity contribution in [2.75, 3.05) is 0 Å². The lowest BCUT2D eigenvalue weighted by Crippen LogP contribution is -2.07. The first kappa shape index (κ1) is 8.68. The predicted octanol–water partition coefficient (Wildman–Crippen LogP) is 1.80. The van der Waals surface area contributed by atoms with Crippen LogP contribution in [0.15, 0.2) is 30.5 Å². The second kappa shape index (κ2) is 3.45. The third-order valence-electron chi connectivity index (χ3n) is 1.54. The molecule has 0 saturated heterocycles. The van der Waals surface area contributed by atoms with Gasteiger partial charge in [-0.3, -0.25) is 0 Å². The SMILES string of the molecule is Fc1cccc(On2cc[c]n2)c1F. The summed E-state index contributed by atoms with van der Waals surface area (Å²) in [7, 11) is 0. The summed E-state index contributed by atoms with van der Waals surface area (Å²) in [6.45, 7) is 0. The molecule has 0 N–H and O–H groups in total. The Morgan fingerprint density at radius 3 is 2.93 bits per heavy atom. The lowest BCUT2D eigenvalue weighted by molar-refractivity contribution is 0.168. The van der Waals surface area contributed by atoms with Gasteiger partial charge in [-0.2, -0.15) is 4.39 Å². The molecule has 0 unspecified atom stereocenters. The van der Waals surface area contributed by atoms with Crippen molar-refractivity contribution in [2.45, 2.75) is 0 Å². The first-order valence-corrected chi connectivity index (χ1v) is 3.81. The predicted molar refractivity (Wildman–Crippen MR) is 43.4 cm³/mol. The van der Waals surface area contributed by atoms with Crippen LogP contribution in [0.1, 0.15) is 0 Å². The van der Waals surface area contributed by atoms with E-state index in [4.69, 9.17) is 4.84 Å². The van der Waals surface area contributed by atoms with E-state index >= 15 is 0 Å². The minimum atomic E-state index is -1.04. The summed E-state index contributed by atoms with van der Waals surface area (Å²) in [5.41, 5.74) is 0. The molecule has 14 heavy (non-hydrogen) atoms. The summed E-state index contributed by atoms with van der Waals surface area (Å²) < 4.78 is 25.8. The average Bonchev–Trinajstić information content (AvgIpc) is 2.66. The van der Waals surface area contributed by atoms with Crippen LogP contribution in [-0.4, -0.2) is 9.94 Å². The summed E-state index contributed by atoms with van der Waals surface area (Å²) in [5.74, 6) is -2.22. The maximum Gasteiger partial charge on any atom is 0.204 e. The molecule has 0 amide bonds. The maximum atomic E-state index is 13.0. The molecule has 0 aliphatic rings. The Kier molecular flexibility index (Phi) is 2.14. The Hall–Kier alpha value is -1.91. The Morgan fingerprint density at radius 1 is 1.36 bits per heavy atom. The molecule has 1 heterocycles. The Morgan fingerprint density at radius 2 is 2.21 bits per heavy atom. The molecule has 0 spiro atoms. The molecule has 71 valence electrons. The van der Waals surface area contributed by atoms with E-state index < -0.39 is 11.6 Å². The minimum Gasteiger partial charge on any atom is -0.355 e. The van der Waals surface area contributed by atoms with Crippen molar-refractivity contribution in [1.29, 1.82) is 0 Å². The highest BCUT2D eigenvalue weighted by Crippen LogP contribution is 2.18. The van der Waals surface area contributed by atoms with Crippen molar-refractivity contribution in [3.8, 4) is 5.75 Å². The normalized spacial score (nSPS) is 10.1. The van der Waals surface area contributed by atoms with Gasteiger partial charge in [-0.15, -0.1) is 5.10 Å². The van der Waals surface area contributed by atoms with E-state index in [-0.39, 0.29) is 5.75 Å². The van der Waals surface area contributed by atoms with E-state index in [1.165, 1.54) is 24.4 Å². The zero-order valence-electron chi connectivity index (χ0n) is 6.95. The molecule has 3 nitrogen and oxygen atoms in total. The highest BCUT2D eigenvalue weighted by Gasteiger charge is 2.09. The quantitative estimate of drug-likeness (QED) is 0.730. The summed E-state index contributed by atoms with van der Waals surface area (Å²) in [4.78, 5) is 5.87. The zero-order chi connectivity index (χ0) is 9.97. The second-order valence-electron chi connectivity index (χ2n) is 2.49. The number of aromatic nitrogens is 2. The van der Waals surface area contributed by atoms with Crippen molar-refractivity contribution in [3.63, 3.8) is 0 Å². The van der Waals surface area contributed by atoms with E-state index in [0.29, 0.717) is 0 Å². The average molecular weight is 195 g/mol. The topological polar surface area (TPSA) is 27.1 Å². The first-order chi connectivity index (χ1) is 6.77. The Balaban J connectivity index is 2.29. The molecule has 0 saturated carbocycles. The van der Waals surface area contributed by atoms with Gasteiger partial charge in [-0.25, -0.2) is 4.39 Å². The van der Waals surface area contributed by atoms with Crippen LogP contribution in [0.5, 0.6) is 5.75 Å². The first-order valence-electron chi connectivity index (χ1n) is 3.81. The fourth-order valence-electron chi connectivity index (χ4n) is 0.927. The van der Waals surface area contributed by atoms with Crippen LogP contribution in [0.4, 0.5) is 8.78 Å². The molecule has 2 rings (SSSR count). The molecule has 0 atom stereocenters. The molecular weight excluding hydrogens is 190 g/mol. The van der Waals surface area contributed by atoms with Crippen LogP contribution in [-0.2, 0) is 0 Å². The van der Waals surface area contributed by atoms with Gasteiger partial charge < -0.3 is 4.84 Å². The van der Waals surface area contributed by atoms with E-state index in [0.717, 1.165) is 10.9 Å². The van der Waals surface area contributed by atoms with Gasteiger partial charge in [0.15, 0.2) is 11.6 Å². The monoisotopic (exact) mass is 195 g/mol. The number of hydrogen-bond acceptors (Lipinski definition) is 2. The Labute approximate surface area is 78.5 Å². The van der Waals surface area contributed by atoms with Crippen LogP contribution in [0.25, 0.3) is 0 Å². The van der Waals surface area contributed by atoms with Gasteiger partial charge in [-0.1, -0.05) is 10.9 Å². The molecular formula is C9H5F2N2O. The fourth-order valence-corrected chi connectivity index (χ4v) is 0.927. The van der Waals surface area contributed by atoms with Crippen molar-refractivity contribution in [3.05, 3.63) is 48.3 Å². The summed E-state index contributed by atoms with van der Waals surface area (Å²) in [6.07, 6.45) is 3.88. The summed E-state index contributed by atoms with van der Waals surface area (Å²) in [6, 6.07) is 5.15. The van der Waals surface area contributed by atoms with Gasteiger partial charge in [0.1, 0.15) is 6.20 Å². The minimum absolute atomic E-state index is 0.220. The highest BCUT2D eigenvalue weighted by molar-refractivity contribution is 5.24. The lowest BCUT2D eigenvalue weighted by atomic mass is 10.3. The smallest absolute Gasteiger partial charge is 0.204 e. The summed E-state index contributed by atoms with van der Waals surface area (Å²) in [5, 5.41) is 3.56. The van der Waals surface area contributed by atoms with E-state index in [1.807, 2.05) is 0 Å². The van der Waals surface area contributed by atoms with Crippen LogP contribution in [0.3, 0.4) is 0 Å². The number of rotatable bonds is 2. The number of nitrogens with zero attached hydrogens (tertiary/aromatic N) is 2. The fraction of sp³-hybridized carbons (Fsp3) is 0. The van der Waals surface area contributed by atoms with Gasteiger partial charge in [0, 0.05) is 0 Å². The molecule has 0 fully saturated rings. The third-order valence-corrected chi connectivity index (χ3v) is 1.54. The van der Waals surface area contributed by atoms with Crippen LogP contribution < -0.4 is 4.84 Å². The van der Waals surface area contributed by atoms with Gasteiger partial charge in [-0.05, 0) is 18.2 Å². The van der Waals surface area contributed by atoms with Crippen molar-refractivity contribution in [1.82, 2.24) is 9.94 Å². The van der Waals surface area contributed by atoms with E-state index in [2.05, 4.69) is 11.3 Å². The largest absolute Gasteiger partial charge is 0.355 e. The van der Waals surface area contributed by atoms with Gasteiger partial charge in [0.25, 0.3) is 0 Å². The number of halogens is 2. The van der Waals surface area contributed by atoms with Gasteiger partial charge >= 0.3 is 0 Å². The number of benzene rings is 1. The molecule has 5 heteroatoms. The molecule has 1 aromatic heterocycles. The van der Waals surface area contributed by atoms with Gasteiger partial charge in [0.2, 0.25) is 5.82 Å². The highest BCUT2D eigenvalue weighted by atomic mass is 19.2. The van der Waals surface area contributed by atoms with Crippen LogP contribution in [0.2, 0.25) is 0 Å². The standard InChI is InChI=1S/C9H5F2N2O/c10-7-3-1-4-8(9(7)11)14-13-6-2-5-12-13/h1-4,6H. The van der Waals surface area contributed by atoms with Crippen molar-refractivity contribution in [2.24, 2.45) is 0 Å². The maximum absolute atomic E-state index is 13.0. The molecule has 0 bridgehead atoms. The molecule has 2 aromatic rings. The summed E-state index contributed by atoms with van der Waals surface area (Å²) >= 11 is 0. The van der Waals surface area contributed by atoms with E-state index in [1.54, 1.807) is 0 Å². The lowest BCUT2D eigenvalue weighted by Gasteiger charge is -2.04. The van der Waals surface area contributed by atoms with Crippen molar-refractivity contribution >= 4 is 0 Å². The third kappa shape index (κ3) is 1.56. The second-order valence-corrected chi connectivity index (χ2v) is 2.49. The molecule has 0 aliphatic carbocycles. The van der Waals surface area contributed by atoms with E-state index in [9.17, 15) is 8.78 Å². The van der Waals surface area contributed by atoms with Gasteiger partial charge in [0.05, 0.1) is 6.20 Å². The Bertz CT molecular complexity index is 428. The van der Waals surface area contributed by atoms with Crippen molar-refractivity contribution < 1.29 is 13.6 Å². The number of hydrogen-bond donors (Lipinski definition) is 0. The van der Waals surface area contributed by atoms with Crippen LogP contribution >= 0.6 is 0 Å². The molecule has 1 aromatic carbocycles. The van der Waals surface area contributed by atoms with Crippen LogP contribution in [0, 0.1) is 17.8 Å². The molecule has 0 aliphatic heterocycles. The zero-order valence-corrected chi connectivity index (χ0v) is 6.95. The molecule has 1 radical (unpaired) electrons.